The van der Waals surface area contributed by atoms with Gasteiger partial charge in [-0.2, -0.15) is 0 Å². The summed E-state index contributed by atoms with van der Waals surface area (Å²) in [6.07, 6.45) is 5.24. The van der Waals surface area contributed by atoms with Crippen LogP contribution in [0.3, 0.4) is 0 Å². The molecule has 0 saturated carbocycles. The number of piperidine rings is 1. The lowest BCUT2D eigenvalue weighted by Crippen LogP contribution is -2.48. The largest absolute Gasteiger partial charge is 0.497 e. The average Bonchev–Trinajstić information content (AvgIpc) is 2.85. The van der Waals surface area contributed by atoms with Gasteiger partial charge < -0.3 is 19.7 Å². The summed E-state index contributed by atoms with van der Waals surface area (Å²) >= 11 is 0. The van der Waals surface area contributed by atoms with E-state index in [1.807, 2.05) is 24.3 Å². The fraction of sp³-hybridized carbons (Fsp3) is 0.500. The molecule has 0 bridgehead atoms. The Morgan fingerprint density at radius 2 is 1.65 bits per heavy atom. The Balaban J connectivity index is 1.48. The van der Waals surface area contributed by atoms with Gasteiger partial charge in [0.1, 0.15) is 5.75 Å². The Labute approximate surface area is 185 Å². The van der Waals surface area contributed by atoms with Crippen molar-refractivity contribution >= 4 is 11.6 Å². The van der Waals surface area contributed by atoms with Crippen LogP contribution < -0.4 is 15.0 Å². The van der Waals surface area contributed by atoms with Crippen molar-refractivity contribution in [3.05, 3.63) is 59.7 Å². The van der Waals surface area contributed by atoms with Gasteiger partial charge in [-0.15, -0.1) is 0 Å². The maximum Gasteiger partial charge on any atom is 0.231 e. The number of methoxy groups -OCH3 is 1. The van der Waals surface area contributed by atoms with Gasteiger partial charge in [-0.3, -0.25) is 4.79 Å². The van der Waals surface area contributed by atoms with Crippen molar-refractivity contribution in [1.82, 2.24) is 5.32 Å². The molecule has 4 rings (SSSR count). The number of rotatable bonds is 6. The summed E-state index contributed by atoms with van der Waals surface area (Å²) in [5, 5.41) is 3.29. The Kier molecular flexibility index (Phi) is 6.81. The van der Waals surface area contributed by atoms with Crippen molar-refractivity contribution in [3.63, 3.8) is 0 Å². The Morgan fingerprint density at radius 1 is 1.00 bits per heavy atom. The molecule has 2 aromatic rings. The second-order valence-electron chi connectivity index (χ2n) is 8.76. The molecule has 2 aliphatic heterocycles. The van der Waals surface area contributed by atoms with E-state index in [1.165, 1.54) is 24.9 Å². The minimum Gasteiger partial charge on any atom is -0.497 e. The number of carbonyl (C=O) groups is 1. The maximum atomic E-state index is 13.6. The molecule has 5 heteroatoms. The van der Waals surface area contributed by atoms with Gasteiger partial charge in [0.2, 0.25) is 5.91 Å². The monoisotopic (exact) mass is 422 g/mol. The number of hydrogen-bond acceptors (Lipinski definition) is 4. The van der Waals surface area contributed by atoms with Crippen molar-refractivity contribution < 1.29 is 14.3 Å². The van der Waals surface area contributed by atoms with Gasteiger partial charge in [-0.05, 0) is 74.4 Å². The van der Waals surface area contributed by atoms with Crippen LogP contribution >= 0.6 is 0 Å². The number of anilines is 1. The Morgan fingerprint density at radius 3 is 2.26 bits per heavy atom. The molecule has 1 N–H and O–H groups in total. The van der Waals surface area contributed by atoms with E-state index in [1.54, 1.807) is 7.11 Å². The molecule has 2 aliphatic rings. The molecule has 2 fully saturated rings. The lowest BCUT2D eigenvalue weighted by Gasteiger charge is -2.37. The molecule has 0 unspecified atom stereocenters. The van der Waals surface area contributed by atoms with Crippen molar-refractivity contribution in [2.45, 2.75) is 50.5 Å². The first-order valence-electron chi connectivity index (χ1n) is 11.5. The number of hydrogen-bond donors (Lipinski definition) is 1. The van der Waals surface area contributed by atoms with Crippen LogP contribution in [-0.2, 0) is 14.9 Å². The van der Waals surface area contributed by atoms with Crippen LogP contribution in [0.15, 0.2) is 48.5 Å². The van der Waals surface area contributed by atoms with E-state index in [9.17, 15) is 4.79 Å². The van der Waals surface area contributed by atoms with Crippen LogP contribution in [0.5, 0.6) is 5.75 Å². The van der Waals surface area contributed by atoms with E-state index in [0.717, 1.165) is 30.0 Å². The zero-order valence-corrected chi connectivity index (χ0v) is 18.7. The summed E-state index contributed by atoms with van der Waals surface area (Å²) in [4.78, 5) is 16.0. The van der Waals surface area contributed by atoms with E-state index in [4.69, 9.17) is 9.47 Å². The van der Waals surface area contributed by atoms with Gasteiger partial charge in [-0.25, -0.2) is 0 Å². The summed E-state index contributed by atoms with van der Waals surface area (Å²) in [5.74, 6) is 0.877. The molecule has 0 radical (unpaired) electrons. The molecule has 0 aromatic heterocycles. The lowest BCUT2D eigenvalue weighted by atomic mass is 9.73. The van der Waals surface area contributed by atoms with Gasteiger partial charge >= 0.3 is 0 Å². The number of carbonyl (C=O) groups excluding carboxylic acids is 1. The minimum absolute atomic E-state index is 0.0547. The van der Waals surface area contributed by atoms with Crippen molar-refractivity contribution in [2.24, 2.45) is 0 Å². The highest BCUT2D eigenvalue weighted by molar-refractivity contribution is 5.88. The second-order valence-corrected chi connectivity index (χ2v) is 8.76. The van der Waals surface area contributed by atoms with E-state index in [2.05, 4.69) is 41.4 Å². The standard InChI is InChI=1S/C26H34N2O3/c1-20(21-6-10-23(11-7-21)28-16-4-3-5-17-28)27-25(29)26(14-18-31-19-15-26)22-8-12-24(30-2)13-9-22/h6-13,20H,3-5,14-19H2,1-2H3,(H,27,29)/t20-/m1/s1. The zero-order valence-electron chi connectivity index (χ0n) is 18.7. The molecule has 2 aromatic carbocycles. The van der Waals surface area contributed by atoms with Gasteiger partial charge in [0.25, 0.3) is 0 Å². The quantitative estimate of drug-likeness (QED) is 0.739. The first kappa shape index (κ1) is 21.7. The van der Waals surface area contributed by atoms with Gasteiger partial charge in [0.15, 0.2) is 0 Å². The summed E-state index contributed by atoms with van der Waals surface area (Å²) in [6.45, 7) is 5.53. The molecule has 31 heavy (non-hydrogen) atoms. The summed E-state index contributed by atoms with van der Waals surface area (Å²) < 4.78 is 10.9. The van der Waals surface area contributed by atoms with Crippen LogP contribution in [0.2, 0.25) is 0 Å². The fourth-order valence-electron chi connectivity index (χ4n) is 4.82. The first-order valence-corrected chi connectivity index (χ1v) is 11.5. The molecule has 2 saturated heterocycles. The smallest absolute Gasteiger partial charge is 0.231 e. The van der Waals surface area contributed by atoms with Gasteiger partial charge in [0, 0.05) is 32.0 Å². The number of nitrogens with one attached hydrogen (secondary N) is 1. The third kappa shape index (κ3) is 4.72. The van der Waals surface area contributed by atoms with Crippen LogP contribution in [0.1, 0.15) is 56.2 Å². The third-order valence-corrected chi connectivity index (χ3v) is 6.89. The molecule has 2 heterocycles. The molecular formula is C26H34N2O3. The minimum atomic E-state index is -0.563. The average molecular weight is 423 g/mol. The number of ether oxygens (including phenoxy) is 2. The van der Waals surface area contributed by atoms with Gasteiger partial charge in [0.05, 0.1) is 18.6 Å². The first-order chi connectivity index (χ1) is 15.1. The second kappa shape index (κ2) is 9.73. The molecule has 0 aliphatic carbocycles. The predicted molar refractivity (Wildman–Crippen MR) is 124 cm³/mol. The van der Waals surface area contributed by atoms with Gasteiger partial charge in [-0.1, -0.05) is 24.3 Å². The van der Waals surface area contributed by atoms with Crippen LogP contribution in [0, 0.1) is 0 Å². The fourth-order valence-corrected chi connectivity index (χ4v) is 4.82. The Bertz CT molecular complexity index is 851. The topological polar surface area (TPSA) is 50.8 Å². The lowest BCUT2D eigenvalue weighted by molar-refractivity contribution is -0.131. The third-order valence-electron chi connectivity index (χ3n) is 6.89. The van der Waals surface area contributed by atoms with Crippen molar-refractivity contribution in [3.8, 4) is 5.75 Å². The maximum absolute atomic E-state index is 13.6. The SMILES string of the molecule is COc1ccc(C2(C(=O)N[C@H](C)c3ccc(N4CCCCC4)cc3)CCOCC2)cc1. The molecule has 1 amide bonds. The molecule has 1 atom stereocenters. The summed E-state index contributed by atoms with van der Waals surface area (Å²) in [6, 6.07) is 16.5. The Hall–Kier alpha value is -2.53. The van der Waals surface area contributed by atoms with Crippen molar-refractivity contribution in [1.29, 1.82) is 0 Å². The molecule has 166 valence electrons. The summed E-state index contributed by atoms with van der Waals surface area (Å²) in [5.41, 5.74) is 2.88. The van der Waals surface area contributed by atoms with Crippen LogP contribution in [0.25, 0.3) is 0 Å². The normalized spacial score (nSPS) is 19.5. The molecule has 5 nitrogen and oxygen atoms in total. The highest BCUT2D eigenvalue weighted by atomic mass is 16.5. The van der Waals surface area contributed by atoms with E-state index < -0.39 is 5.41 Å². The van der Waals surface area contributed by atoms with Crippen molar-refractivity contribution in [2.75, 3.05) is 38.3 Å². The van der Waals surface area contributed by atoms with E-state index >= 15 is 0 Å². The number of benzene rings is 2. The highest BCUT2D eigenvalue weighted by Crippen LogP contribution is 2.36. The van der Waals surface area contributed by atoms with Crippen LogP contribution in [0.4, 0.5) is 5.69 Å². The molecular weight excluding hydrogens is 388 g/mol. The van der Waals surface area contributed by atoms with E-state index in [0.29, 0.717) is 26.1 Å². The zero-order chi connectivity index (χ0) is 21.7. The predicted octanol–water partition coefficient (Wildman–Crippen LogP) is 4.61. The number of nitrogens with zero attached hydrogens (tertiary/aromatic N) is 1. The summed E-state index contributed by atoms with van der Waals surface area (Å²) in [7, 11) is 1.66. The number of amides is 1. The molecule has 0 spiro atoms. The highest BCUT2D eigenvalue weighted by Gasteiger charge is 2.42. The van der Waals surface area contributed by atoms with Crippen LogP contribution in [-0.4, -0.2) is 39.3 Å². The van der Waals surface area contributed by atoms with E-state index in [-0.39, 0.29) is 11.9 Å².